The van der Waals surface area contributed by atoms with Gasteiger partial charge in [0.15, 0.2) is 10.9 Å². The Hall–Kier alpha value is -2.43. The second-order valence-corrected chi connectivity index (χ2v) is 7.11. The number of carbonyl (C=O) groups excluding carboxylic acids is 3. The first-order valence-electron chi connectivity index (χ1n) is 8.38. The molecule has 0 bridgehead atoms. The van der Waals surface area contributed by atoms with Crippen LogP contribution in [0.15, 0.2) is 21.9 Å². The van der Waals surface area contributed by atoms with Crippen LogP contribution in [0.25, 0.3) is 11.5 Å². The maximum Gasteiger partial charge on any atom is 0.245 e. The molecule has 0 spiro atoms. The first-order chi connectivity index (χ1) is 12.8. The SMILES string of the molecule is CC(=O)NCc1ccc(-c2csc(NC(=O)CNC(=O)[C@@H](N)C(C)C)n2)o1.Cl. The minimum atomic E-state index is -0.657. The molecule has 0 aliphatic heterocycles. The van der Waals surface area contributed by atoms with Gasteiger partial charge in [-0.3, -0.25) is 14.4 Å². The number of nitrogens with zero attached hydrogens (tertiary/aromatic N) is 1. The Morgan fingerprint density at radius 3 is 2.61 bits per heavy atom. The fourth-order valence-electron chi connectivity index (χ4n) is 2.02. The lowest BCUT2D eigenvalue weighted by Crippen LogP contribution is -2.46. The average Bonchev–Trinajstić information content (AvgIpc) is 3.26. The van der Waals surface area contributed by atoms with Gasteiger partial charge in [-0.25, -0.2) is 4.98 Å². The van der Waals surface area contributed by atoms with Crippen molar-refractivity contribution in [2.75, 3.05) is 11.9 Å². The van der Waals surface area contributed by atoms with Crippen LogP contribution >= 0.6 is 23.7 Å². The van der Waals surface area contributed by atoms with E-state index < -0.39 is 11.9 Å². The van der Waals surface area contributed by atoms with E-state index in [-0.39, 0.29) is 36.7 Å². The Morgan fingerprint density at radius 1 is 1.25 bits per heavy atom. The summed E-state index contributed by atoms with van der Waals surface area (Å²) in [6.45, 7) is 5.20. The van der Waals surface area contributed by atoms with Crippen molar-refractivity contribution in [3.63, 3.8) is 0 Å². The van der Waals surface area contributed by atoms with E-state index in [4.69, 9.17) is 10.2 Å². The van der Waals surface area contributed by atoms with Crippen molar-refractivity contribution in [1.82, 2.24) is 15.6 Å². The van der Waals surface area contributed by atoms with Crippen LogP contribution in [0.4, 0.5) is 5.13 Å². The molecule has 11 heteroatoms. The zero-order chi connectivity index (χ0) is 20.0. The average molecular weight is 430 g/mol. The highest BCUT2D eigenvalue weighted by Crippen LogP contribution is 2.26. The number of nitrogens with one attached hydrogen (secondary N) is 3. The molecule has 0 aromatic carbocycles. The molecular formula is C17H24ClN5O4S. The van der Waals surface area contributed by atoms with Crippen LogP contribution in [0.3, 0.4) is 0 Å². The highest BCUT2D eigenvalue weighted by molar-refractivity contribution is 7.14. The molecule has 0 aliphatic carbocycles. The van der Waals surface area contributed by atoms with Gasteiger partial charge in [0.1, 0.15) is 11.5 Å². The lowest BCUT2D eigenvalue weighted by Gasteiger charge is -2.14. The van der Waals surface area contributed by atoms with Gasteiger partial charge in [0.05, 0.1) is 19.1 Å². The summed E-state index contributed by atoms with van der Waals surface area (Å²) in [5, 5.41) is 9.88. The largest absolute Gasteiger partial charge is 0.458 e. The van der Waals surface area contributed by atoms with Crippen molar-refractivity contribution in [2.45, 2.75) is 33.4 Å². The minimum Gasteiger partial charge on any atom is -0.458 e. The Balaban J connectivity index is 0.00000392. The summed E-state index contributed by atoms with van der Waals surface area (Å²) >= 11 is 1.24. The number of rotatable bonds is 8. The van der Waals surface area contributed by atoms with E-state index in [2.05, 4.69) is 20.9 Å². The van der Waals surface area contributed by atoms with Gasteiger partial charge in [-0.2, -0.15) is 0 Å². The molecule has 2 aromatic heterocycles. The standard InChI is InChI=1S/C17H23N5O4S.ClH/c1-9(2)15(18)16(25)20-7-14(24)22-17-21-12(8-27-17)13-5-4-11(26-13)6-19-10(3)23;/h4-5,8-9,15H,6-7,18H2,1-3H3,(H,19,23)(H,20,25)(H,21,22,24);1H/t15-;/m0./s1. The highest BCUT2D eigenvalue weighted by Gasteiger charge is 2.18. The molecule has 3 amide bonds. The van der Waals surface area contributed by atoms with Crippen molar-refractivity contribution in [1.29, 1.82) is 0 Å². The maximum atomic E-state index is 11.9. The summed E-state index contributed by atoms with van der Waals surface area (Å²) < 4.78 is 5.61. The maximum absolute atomic E-state index is 11.9. The van der Waals surface area contributed by atoms with Crippen LogP contribution in [0.1, 0.15) is 26.5 Å². The summed E-state index contributed by atoms with van der Waals surface area (Å²) in [5.74, 6) is 0.200. The molecule has 9 nitrogen and oxygen atoms in total. The number of hydrogen-bond acceptors (Lipinski definition) is 7. The molecule has 154 valence electrons. The summed E-state index contributed by atoms with van der Waals surface area (Å²) in [5.41, 5.74) is 6.28. The van der Waals surface area contributed by atoms with Crippen molar-refractivity contribution in [3.8, 4) is 11.5 Å². The molecule has 2 aromatic rings. The van der Waals surface area contributed by atoms with E-state index in [1.807, 2.05) is 13.8 Å². The fourth-order valence-corrected chi connectivity index (χ4v) is 2.73. The van der Waals surface area contributed by atoms with E-state index in [1.165, 1.54) is 18.3 Å². The van der Waals surface area contributed by atoms with Crippen LogP contribution < -0.4 is 21.7 Å². The van der Waals surface area contributed by atoms with Gasteiger partial charge >= 0.3 is 0 Å². The number of amides is 3. The second-order valence-electron chi connectivity index (χ2n) is 6.25. The van der Waals surface area contributed by atoms with Crippen LogP contribution in [0.5, 0.6) is 0 Å². The van der Waals surface area contributed by atoms with E-state index in [0.717, 1.165) is 0 Å². The van der Waals surface area contributed by atoms with Gasteiger partial charge in [-0.15, -0.1) is 23.7 Å². The lowest BCUT2D eigenvalue weighted by molar-refractivity contribution is -0.125. The number of halogens is 1. The third-order valence-corrected chi connectivity index (χ3v) is 4.38. The highest BCUT2D eigenvalue weighted by atomic mass is 35.5. The second kappa shape index (κ2) is 10.8. The number of aromatic nitrogens is 1. The van der Waals surface area contributed by atoms with E-state index in [1.54, 1.807) is 17.5 Å². The van der Waals surface area contributed by atoms with Gasteiger partial charge < -0.3 is 26.1 Å². The predicted molar refractivity (Wildman–Crippen MR) is 109 cm³/mol. The fraction of sp³-hybridized carbons (Fsp3) is 0.412. The topological polar surface area (TPSA) is 139 Å². The third kappa shape index (κ3) is 6.95. The van der Waals surface area contributed by atoms with Crippen LogP contribution in [0, 0.1) is 5.92 Å². The van der Waals surface area contributed by atoms with Crippen LogP contribution in [0.2, 0.25) is 0 Å². The van der Waals surface area contributed by atoms with Crippen molar-refractivity contribution >= 4 is 46.6 Å². The zero-order valence-corrected chi connectivity index (χ0v) is 17.4. The molecule has 0 saturated carbocycles. The lowest BCUT2D eigenvalue weighted by atomic mass is 10.1. The number of furan rings is 1. The first-order valence-corrected chi connectivity index (χ1v) is 9.26. The predicted octanol–water partition coefficient (Wildman–Crippen LogP) is 1.50. The van der Waals surface area contributed by atoms with E-state index >= 15 is 0 Å². The van der Waals surface area contributed by atoms with Crippen molar-refractivity contribution in [3.05, 3.63) is 23.3 Å². The number of carbonyl (C=O) groups is 3. The van der Waals surface area contributed by atoms with Gasteiger partial charge in [0, 0.05) is 12.3 Å². The van der Waals surface area contributed by atoms with Gasteiger partial charge in [-0.1, -0.05) is 13.8 Å². The van der Waals surface area contributed by atoms with Crippen molar-refractivity contribution < 1.29 is 18.8 Å². The monoisotopic (exact) mass is 429 g/mol. The normalized spacial score (nSPS) is 11.5. The summed E-state index contributed by atoms with van der Waals surface area (Å²) in [6, 6.07) is 2.83. The zero-order valence-electron chi connectivity index (χ0n) is 15.8. The van der Waals surface area contributed by atoms with Crippen LogP contribution in [-0.2, 0) is 20.9 Å². The molecular weight excluding hydrogens is 406 g/mol. The number of hydrogen-bond donors (Lipinski definition) is 4. The smallest absolute Gasteiger partial charge is 0.245 e. The van der Waals surface area contributed by atoms with Gasteiger partial charge in [-0.05, 0) is 18.1 Å². The van der Waals surface area contributed by atoms with E-state index in [9.17, 15) is 14.4 Å². The Labute approximate surface area is 172 Å². The Morgan fingerprint density at radius 2 is 1.96 bits per heavy atom. The molecule has 28 heavy (non-hydrogen) atoms. The molecule has 0 unspecified atom stereocenters. The molecule has 2 rings (SSSR count). The van der Waals surface area contributed by atoms with Gasteiger partial charge in [0.2, 0.25) is 17.7 Å². The molecule has 0 aliphatic rings. The summed E-state index contributed by atoms with van der Waals surface area (Å²) in [7, 11) is 0. The number of anilines is 1. The molecule has 1 atom stereocenters. The summed E-state index contributed by atoms with van der Waals surface area (Å²) in [4.78, 5) is 38.9. The third-order valence-electron chi connectivity index (χ3n) is 3.62. The van der Waals surface area contributed by atoms with Gasteiger partial charge in [0.25, 0.3) is 0 Å². The van der Waals surface area contributed by atoms with E-state index in [0.29, 0.717) is 28.9 Å². The molecule has 0 fully saturated rings. The van der Waals surface area contributed by atoms with Crippen LogP contribution in [-0.4, -0.2) is 35.3 Å². The molecule has 0 radical (unpaired) electrons. The minimum absolute atomic E-state index is 0. The number of nitrogens with two attached hydrogens (primary N) is 1. The molecule has 5 N–H and O–H groups in total. The quantitative estimate of drug-likeness (QED) is 0.501. The summed E-state index contributed by atoms with van der Waals surface area (Å²) in [6.07, 6.45) is 0. The number of thiazole rings is 1. The van der Waals surface area contributed by atoms with Crippen molar-refractivity contribution in [2.24, 2.45) is 11.7 Å². The molecule has 2 heterocycles. The first kappa shape index (κ1) is 23.6. The Kier molecular flexibility index (Phi) is 9.10. The molecule has 0 saturated heterocycles. The Bertz CT molecular complexity index is 820.